The molecule has 0 N–H and O–H groups in total. The molecule has 7 nitrogen and oxygen atoms in total. The summed E-state index contributed by atoms with van der Waals surface area (Å²) < 4.78 is 37.2. The van der Waals surface area contributed by atoms with Gasteiger partial charge in [-0.05, 0) is 17.7 Å². The summed E-state index contributed by atoms with van der Waals surface area (Å²) in [7, 11) is 1.72. The average Bonchev–Trinajstić information content (AvgIpc) is 3.01. The van der Waals surface area contributed by atoms with Gasteiger partial charge < -0.3 is 14.0 Å². The molecule has 0 bridgehead atoms. The molecule has 1 heterocycles. The van der Waals surface area contributed by atoms with Crippen molar-refractivity contribution in [2.45, 2.75) is 18.2 Å². The summed E-state index contributed by atoms with van der Waals surface area (Å²) in [5.74, 6) is 0.950. The fourth-order valence-corrected chi connectivity index (χ4v) is 4.79. The molecule has 1 amide bonds. The average molecular weight is 435 g/mol. The monoisotopic (exact) mass is 434 g/mol. The normalized spacial score (nSPS) is 12.3. The van der Waals surface area contributed by atoms with Gasteiger partial charge in [-0.15, -0.1) is 0 Å². The highest BCUT2D eigenvalue weighted by molar-refractivity contribution is 7.91. The van der Waals surface area contributed by atoms with E-state index >= 15 is 0 Å². The number of rotatable bonds is 6. The minimum absolute atomic E-state index is 0.0403. The lowest BCUT2D eigenvalue weighted by Gasteiger charge is -2.07. The topological polar surface area (TPSA) is 87.0 Å². The molecule has 29 heavy (non-hydrogen) atoms. The highest BCUT2D eigenvalue weighted by Gasteiger charge is 2.13. The first-order valence-electron chi connectivity index (χ1n) is 8.90. The van der Waals surface area contributed by atoms with Crippen LogP contribution in [-0.4, -0.2) is 38.9 Å². The number of carbonyl (C=O) groups is 1. The molecule has 0 aliphatic carbocycles. The van der Waals surface area contributed by atoms with Gasteiger partial charge in [-0.1, -0.05) is 30.4 Å². The lowest BCUT2D eigenvalue weighted by atomic mass is 10.1. The Morgan fingerprint density at radius 3 is 2.31 bits per heavy atom. The number of hydrogen-bond donors (Lipinski definition) is 0. The van der Waals surface area contributed by atoms with Crippen LogP contribution in [0.4, 0.5) is 0 Å². The van der Waals surface area contributed by atoms with E-state index < -0.39 is 9.84 Å². The fraction of sp³-hybridized carbons (Fsp3) is 0.300. The molecule has 0 saturated heterocycles. The molecule has 0 atom stereocenters. The van der Waals surface area contributed by atoms with Crippen LogP contribution < -0.4 is 14.3 Å². The first-order valence-corrected chi connectivity index (χ1v) is 11.4. The third kappa shape index (κ3) is 4.35. The Balaban J connectivity index is 1.89. The summed E-state index contributed by atoms with van der Waals surface area (Å²) in [6.45, 7) is 1.60. The number of amides is 1. The van der Waals surface area contributed by atoms with Crippen molar-refractivity contribution in [3.63, 3.8) is 0 Å². The van der Waals surface area contributed by atoms with Gasteiger partial charge in [0.25, 0.3) is 5.91 Å². The van der Waals surface area contributed by atoms with E-state index in [4.69, 9.17) is 9.47 Å². The Kier molecular flexibility index (Phi) is 6.09. The van der Waals surface area contributed by atoms with Crippen molar-refractivity contribution < 1.29 is 22.7 Å². The van der Waals surface area contributed by atoms with Crippen molar-refractivity contribution in [3.05, 3.63) is 46.8 Å². The van der Waals surface area contributed by atoms with Crippen molar-refractivity contribution in [2.24, 2.45) is 12.0 Å². The van der Waals surface area contributed by atoms with Gasteiger partial charge in [0.2, 0.25) is 0 Å². The van der Waals surface area contributed by atoms with Gasteiger partial charge in [0.05, 0.1) is 41.5 Å². The summed E-state index contributed by atoms with van der Waals surface area (Å²) in [5, 5.41) is 0. The number of thiazole rings is 1. The van der Waals surface area contributed by atoms with Gasteiger partial charge in [-0.2, -0.15) is 4.99 Å². The second-order valence-corrected chi connectivity index (χ2v) is 9.64. The number of nitrogens with zero attached hydrogens (tertiary/aromatic N) is 2. The van der Waals surface area contributed by atoms with Crippen molar-refractivity contribution >= 4 is 37.3 Å². The number of hydrogen-bond acceptors (Lipinski definition) is 6. The summed E-state index contributed by atoms with van der Waals surface area (Å²) in [6.07, 6.45) is 0.0906. The Morgan fingerprint density at radius 1 is 1.10 bits per heavy atom. The van der Waals surface area contributed by atoms with Crippen LogP contribution in [-0.2, 0) is 28.1 Å². The zero-order valence-electron chi connectivity index (χ0n) is 16.6. The van der Waals surface area contributed by atoms with Gasteiger partial charge in [0.15, 0.2) is 26.1 Å². The van der Waals surface area contributed by atoms with E-state index in [0.29, 0.717) is 21.9 Å². The van der Waals surface area contributed by atoms with Crippen LogP contribution in [0.15, 0.2) is 46.3 Å². The van der Waals surface area contributed by atoms with Crippen LogP contribution in [0.1, 0.15) is 12.5 Å². The maximum atomic E-state index is 12.5. The van der Waals surface area contributed by atoms with Gasteiger partial charge in [0, 0.05) is 19.2 Å². The van der Waals surface area contributed by atoms with E-state index in [1.165, 1.54) is 23.5 Å². The van der Waals surface area contributed by atoms with Crippen molar-refractivity contribution in [1.29, 1.82) is 0 Å². The molecule has 3 rings (SSSR count). The maximum absolute atomic E-state index is 12.5. The Labute approximate surface area is 173 Å². The highest BCUT2D eigenvalue weighted by Crippen LogP contribution is 2.33. The number of benzene rings is 2. The van der Waals surface area contributed by atoms with Gasteiger partial charge in [-0.25, -0.2) is 8.42 Å². The number of aromatic nitrogens is 1. The van der Waals surface area contributed by atoms with E-state index in [0.717, 1.165) is 10.2 Å². The predicted molar refractivity (Wildman–Crippen MR) is 112 cm³/mol. The smallest absolute Gasteiger partial charge is 0.252 e. The number of aryl methyl sites for hydroxylation is 1. The molecule has 3 aromatic rings. The van der Waals surface area contributed by atoms with Gasteiger partial charge in [-0.3, -0.25) is 4.79 Å². The van der Waals surface area contributed by atoms with E-state index in [-0.39, 0.29) is 23.0 Å². The molecule has 0 spiro atoms. The summed E-state index contributed by atoms with van der Waals surface area (Å²) in [4.78, 5) is 17.5. The molecule has 2 aromatic carbocycles. The zero-order chi connectivity index (χ0) is 21.2. The van der Waals surface area contributed by atoms with Crippen LogP contribution in [0.3, 0.4) is 0 Å². The third-order valence-electron chi connectivity index (χ3n) is 4.55. The minimum atomic E-state index is -3.25. The van der Waals surface area contributed by atoms with Crippen LogP contribution >= 0.6 is 11.3 Å². The molecule has 0 radical (unpaired) electrons. The molecule has 0 unspecified atom stereocenters. The van der Waals surface area contributed by atoms with Gasteiger partial charge >= 0.3 is 0 Å². The number of ether oxygens (including phenoxy) is 2. The van der Waals surface area contributed by atoms with Crippen molar-refractivity contribution in [3.8, 4) is 11.5 Å². The van der Waals surface area contributed by atoms with E-state index in [9.17, 15) is 13.2 Å². The van der Waals surface area contributed by atoms with Crippen LogP contribution in [0.5, 0.6) is 11.5 Å². The van der Waals surface area contributed by atoms with Crippen LogP contribution in [0.2, 0.25) is 0 Å². The molecule has 9 heteroatoms. The number of carbonyl (C=O) groups excluding carboxylic acids is 1. The number of sulfone groups is 1. The first-order chi connectivity index (χ1) is 13.8. The van der Waals surface area contributed by atoms with Crippen LogP contribution in [0.25, 0.3) is 10.2 Å². The lowest BCUT2D eigenvalue weighted by molar-refractivity contribution is -0.117. The molecular formula is C20H22N2O5S2. The third-order valence-corrected chi connectivity index (χ3v) is 7.40. The van der Waals surface area contributed by atoms with E-state index in [1.54, 1.807) is 33.3 Å². The molecule has 154 valence electrons. The largest absolute Gasteiger partial charge is 0.493 e. The molecular weight excluding hydrogens is 412 g/mol. The van der Waals surface area contributed by atoms with E-state index in [1.807, 2.05) is 23.7 Å². The van der Waals surface area contributed by atoms with Crippen molar-refractivity contribution in [1.82, 2.24) is 4.57 Å². The predicted octanol–water partition coefficient (Wildman–Crippen LogP) is 2.72. The molecule has 1 aromatic heterocycles. The Hall–Kier alpha value is -2.65. The molecule has 0 aliphatic heterocycles. The second kappa shape index (κ2) is 8.38. The number of methoxy groups -OCH3 is 2. The first kappa shape index (κ1) is 21.1. The molecule has 0 aliphatic rings. The maximum Gasteiger partial charge on any atom is 0.252 e. The summed E-state index contributed by atoms with van der Waals surface area (Å²) in [5.41, 5.74) is 1.59. The quantitative estimate of drug-likeness (QED) is 0.595. The number of fused-ring (bicyclic) bond motifs is 1. The van der Waals surface area contributed by atoms with Crippen LogP contribution in [0, 0.1) is 0 Å². The molecule has 0 saturated carbocycles. The molecule has 0 fully saturated rings. The van der Waals surface area contributed by atoms with Gasteiger partial charge in [0.1, 0.15) is 0 Å². The lowest BCUT2D eigenvalue weighted by Crippen LogP contribution is -2.14. The summed E-state index contributed by atoms with van der Waals surface area (Å²) in [6, 6.07) is 10.1. The highest BCUT2D eigenvalue weighted by atomic mass is 32.2. The summed E-state index contributed by atoms with van der Waals surface area (Å²) >= 11 is 1.38. The minimum Gasteiger partial charge on any atom is -0.493 e. The Morgan fingerprint density at radius 2 is 1.72 bits per heavy atom. The Bertz CT molecular complexity index is 1220. The second-order valence-electron chi connectivity index (χ2n) is 6.35. The SMILES string of the molecule is CCS(=O)(=O)c1ccc(CC(=O)N=c2sc3cc(OC)c(OC)cc3n2C)cc1. The standard InChI is InChI=1S/C20H22N2O5S2/c1-5-29(24,25)14-8-6-13(7-9-14)10-19(23)21-20-22(2)15-11-16(26-3)17(27-4)12-18(15)28-20/h6-9,11-12H,5,10H2,1-4H3. The fourth-order valence-electron chi connectivity index (χ4n) is 2.86. The van der Waals surface area contributed by atoms with Crippen molar-refractivity contribution in [2.75, 3.05) is 20.0 Å². The van der Waals surface area contributed by atoms with E-state index in [2.05, 4.69) is 4.99 Å². The zero-order valence-corrected chi connectivity index (χ0v) is 18.3.